The number of piperidine rings is 1. The molecule has 8 nitrogen and oxygen atoms in total. The second-order valence-electron chi connectivity index (χ2n) is 9.03. The van der Waals surface area contributed by atoms with Crippen molar-refractivity contribution in [1.82, 2.24) is 25.1 Å². The molecule has 3 aromatic rings. The van der Waals surface area contributed by atoms with Gasteiger partial charge in [0.05, 0.1) is 36.6 Å². The van der Waals surface area contributed by atoms with Gasteiger partial charge in [0.15, 0.2) is 5.82 Å². The number of benzene rings is 2. The molecule has 37 heavy (non-hydrogen) atoms. The molecule has 0 bridgehead atoms. The predicted octanol–water partition coefficient (Wildman–Crippen LogP) is 5.65. The van der Waals surface area contributed by atoms with Gasteiger partial charge in [-0.05, 0) is 65.9 Å². The average molecular weight is 518 g/mol. The molecule has 0 saturated carbocycles. The number of unbranched alkanes of at least 4 members (excludes halogenated alkanes) is 1. The fraction of sp³-hybridized carbons (Fsp3) is 0.462. The topological polar surface area (TPSA) is 82.4 Å². The molecule has 2 atom stereocenters. The maximum atomic E-state index is 13.7. The molecular weight excluding hydrogens is 487 g/mol. The van der Waals surface area contributed by atoms with Gasteiger partial charge in [-0.3, -0.25) is 4.90 Å². The lowest BCUT2D eigenvalue weighted by Crippen LogP contribution is -2.46. The summed E-state index contributed by atoms with van der Waals surface area (Å²) < 4.78 is 54.0. The lowest BCUT2D eigenvalue weighted by atomic mass is 9.92. The summed E-state index contributed by atoms with van der Waals surface area (Å²) in [6.07, 6.45) is -2.37. The zero-order chi connectivity index (χ0) is 26.4. The molecule has 1 aliphatic heterocycles. The predicted molar refractivity (Wildman–Crippen MR) is 129 cm³/mol. The molecule has 4 rings (SSSR count). The van der Waals surface area contributed by atoms with Crippen LogP contribution in [0.2, 0.25) is 0 Å². The van der Waals surface area contributed by atoms with Gasteiger partial charge >= 0.3 is 12.3 Å². The third-order valence-electron chi connectivity index (χ3n) is 6.31. The van der Waals surface area contributed by atoms with Crippen LogP contribution in [0.15, 0.2) is 48.5 Å². The molecule has 1 fully saturated rings. The quantitative estimate of drug-likeness (QED) is 0.359. The number of amides is 1. The first-order chi connectivity index (χ1) is 17.8. The van der Waals surface area contributed by atoms with Gasteiger partial charge in [-0.25, -0.2) is 4.79 Å². The Morgan fingerprint density at radius 2 is 1.95 bits per heavy atom. The lowest BCUT2D eigenvalue weighted by Gasteiger charge is -2.40. The van der Waals surface area contributed by atoms with Crippen molar-refractivity contribution in [3.63, 3.8) is 0 Å². The van der Waals surface area contributed by atoms with Crippen LogP contribution in [0, 0.1) is 6.92 Å². The van der Waals surface area contributed by atoms with Crippen molar-refractivity contribution < 1.29 is 27.4 Å². The SMILES string of the molecule is CCCCOC(=O)N1CCCC(OCc2cc(-n3nnnc3C)cc(C(F)(F)F)c2)C1c1ccccc1. The Bertz CT molecular complexity index is 1190. The molecule has 0 radical (unpaired) electrons. The van der Waals surface area contributed by atoms with E-state index in [0.717, 1.165) is 30.5 Å². The lowest BCUT2D eigenvalue weighted by molar-refractivity contribution is -0.137. The Morgan fingerprint density at radius 3 is 2.62 bits per heavy atom. The molecule has 1 saturated heterocycles. The van der Waals surface area contributed by atoms with Crippen molar-refractivity contribution in [2.75, 3.05) is 13.2 Å². The third-order valence-corrected chi connectivity index (χ3v) is 6.31. The van der Waals surface area contributed by atoms with Crippen LogP contribution in [-0.4, -0.2) is 50.5 Å². The zero-order valence-corrected chi connectivity index (χ0v) is 20.8. The second-order valence-corrected chi connectivity index (χ2v) is 9.03. The van der Waals surface area contributed by atoms with Crippen LogP contribution < -0.4 is 0 Å². The molecule has 0 aliphatic carbocycles. The summed E-state index contributed by atoms with van der Waals surface area (Å²) in [5.41, 5.74) is 0.589. The van der Waals surface area contributed by atoms with Crippen molar-refractivity contribution in [3.8, 4) is 5.69 Å². The molecular formula is C26H30F3N5O3. The van der Waals surface area contributed by atoms with E-state index in [-0.39, 0.29) is 12.3 Å². The summed E-state index contributed by atoms with van der Waals surface area (Å²) in [7, 11) is 0. The minimum atomic E-state index is -4.55. The smallest absolute Gasteiger partial charge is 0.416 e. The minimum absolute atomic E-state index is 0.0786. The number of hydrogen-bond acceptors (Lipinski definition) is 6. The standard InChI is InChI=1S/C26H30F3N5O3/c1-3-4-13-36-25(35)33-12-8-11-23(24(33)20-9-6-5-7-10-20)37-17-19-14-21(26(27,28)29)16-22(15-19)34-18(2)30-31-32-34/h5-7,9-10,14-16,23-24H,3-4,8,11-13,17H2,1-2H3. The van der Waals surface area contributed by atoms with Crippen molar-refractivity contribution in [1.29, 1.82) is 0 Å². The van der Waals surface area contributed by atoms with E-state index in [2.05, 4.69) is 15.5 Å². The summed E-state index contributed by atoms with van der Waals surface area (Å²) in [6.45, 7) is 4.40. The van der Waals surface area contributed by atoms with Gasteiger partial charge in [0.1, 0.15) is 0 Å². The van der Waals surface area contributed by atoms with Crippen LogP contribution in [0.5, 0.6) is 0 Å². The molecule has 2 unspecified atom stereocenters. The maximum Gasteiger partial charge on any atom is 0.416 e. The van der Waals surface area contributed by atoms with E-state index in [1.165, 1.54) is 4.68 Å². The number of halogens is 3. The first-order valence-electron chi connectivity index (χ1n) is 12.3. The number of tetrazole rings is 1. The largest absolute Gasteiger partial charge is 0.449 e. The monoisotopic (exact) mass is 517 g/mol. The van der Waals surface area contributed by atoms with Gasteiger partial charge in [0.25, 0.3) is 0 Å². The number of hydrogen-bond donors (Lipinski definition) is 0. The Morgan fingerprint density at radius 1 is 1.16 bits per heavy atom. The second kappa shape index (κ2) is 11.7. The first-order valence-corrected chi connectivity index (χ1v) is 12.3. The van der Waals surface area contributed by atoms with Crippen molar-refractivity contribution in [2.45, 2.75) is 64.5 Å². The number of nitrogens with zero attached hydrogens (tertiary/aromatic N) is 5. The van der Waals surface area contributed by atoms with Crippen LogP contribution in [0.3, 0.4) is 0 Å². The van der Waals surface area contributed by atoms with Crippen LogP contribution >= 0.6 is 0 Å². The van der Waals surface area contributed by atoms with Gasteiger partial charge < -0.3 is 9.47 Å². The van der Waals surface area contributed by atoms with E-state index in [0.29, 0.717) is 37.4 Å². The first kappa shape index (κ1) is 26.6. The van der Waals surface area contributed by atoms with E-state index in [4.69, 9.17) is 9.47 Å². The maximum absolute atomic E-state index is 13.7. The number of carbonyl (C=O) groups excluding carboxylic acids is 1. The van der Waals surface area contributed by atoms with E-state index in [9.17, 15) is 18.0 Å². The van der Waals surface area contributed by atoms with Gasteiger partial charge in [-0.2, -0.15) is 17.9 Å². The van der Waals surface area contributed by atoms with Crippen molar-refractivity contribution >= 4 is 6.09 Å². The zero-order valence-electron chi connectivity index (χ0n) is 20.8. The number of aromatic nitrogens is 4. The Labute approximate surface area is 213 Å². The summed E-state index contributed by atoms with van der Waals surface area (Å²) in [6, 6.07) is 12.7. The van der Waals surface area contributed by atoms with E-state index >= 15 is 0 Å². The molecule has 2 heterocycles. The summed E-state index contributed by atoms with van der Waals surface area (Å²) in [4.78, 5) is 14.6. The van der Waals surface area contributed by atoms with Gasteiger partial charge in [-0.1, -0.05) is 43.7 Å². The summed E-state index contributed by atoms with van der Waals surface area (Å²) in [5.74, 6) is 0.361. The number of alkyl halides is 3. The molecule has 11 heteroatoms. The van der Waals surface area contributed by atoms with E-state index in [1.807, 2.05) is 37.3 Å². The van der Waals surface area contributed by atoms with Crippen LogP contribution in [-0.2, 0) is 22.3 Å². The van der Waals surface area contributed by atoms with Crippen LogP contribution in [0.4, 0.5) is 18.0 Å². The van der Waals surface area contributed by atoms with Crippen molar-refractivity contribution in [2.24, 2.45) is 0 Å². The Hall–Kier alpha value is -3.47. The van der Waals surface area contributed by atoms with Crippen molar-refractivity contribution in [3.05, 3.63) is 71.0 Å². The van der Waals surface area contributed by atoms with Gasteiger partial charge in [-0.15, -0.1) is 5.10 Å². The fourth-order valence-corrected chi connectivity index (χ4v) is 4.49. The number of aryl methyl sites for hydroxylation is 1. The highest BCUT2D eigenvalue weighted by molar-refractivity contribution is 5.68. The minimum Gasteiger partial charge on any atom is -0.449 e. The van der Waals surface area contributed by atoms with E-state index < -0.39 is 30.0 Å². The molecule has 1 aliphatic rings. The average Bonchev–Trinajstić information content (AvgIpc) is 3.33. The van der Waals surface area contributed by atoms with Gasteiger partial charge in [0, 0.05) is 6.54 Å². The number of carbonyl (C=O) groups is 1. The normalized spacial score (nSPS) is 18.1. The number of ether oxygens (including phenoxy) is 2. The number of likely N-dealkylation sites (tertiary alicyclic amines) is 1. The molecule has 198 valence electrons. The number of rotatable bonds is 8. The highest BCUT2D eigenvalue weighted by Gasteiger charge is 2.37. The third kappa shape index (κ3) is 6.46. The summed E-state index contributed by atoms with van der Waals surface area (Å²) in [5, 5.41) is 11.1. The molecule has 1 amide bonds. The Kier molecular flexibility index (Phi) is 8.42. The molecule has 0 spiro atoms. The fourth-order valence-electron chi connectivity index (χ4n) is 4.49. The van der Waals surface area contributed by atoms with Crippen LogP contribution in [0.25, 0.3) is 5.69 Å². The highest BCUT2D eigenvalue weighted by Crippen LogP contribution is 2.36. The highest BCUT2D eigenvalue weighted by atomic mass is 19.4. The van der Waals surface area contributed by atoms with Gasteiger partial charge in [0.2, 0.25) is 0 Å². The molecule has 0 N–H and O–H groups in total. The van der Waals surface area contributed by atoms with E-state index in [1.54, 1.807) is 17.9 Å². The Balaban J connectivity index is 1.59. The molecule has 2 aromatic carbocycles. The molecule has 1 aromatic heterocycles. The summed E-state index contributed by atoms with van der Waals surface area (Å²) >= 11 is 0. The van der Waals surface area contributed by atoms with Crippen LogP contribution in [0.1, 0.15) is 61.2 Å².